The predicted octanol–water partition coefficient (Wildman–Crippen LogP) is 2.20. The molecule has 2 heterocycles. The summed E-state index contributed by atoms with van der Waals surface area (Å²) in [6.07, 6.45) is 3.95. The van der Waals surface area contributed by atoms with Gasteiger partial charge >= 0.3 is 0 Å². The molecule has 1 aliphatic heterocycles. The first-order valence-corrected chi connectivity index (χ1v) is 6.23. The molecule has 17 heavy (non-hydrogen) atoms. The largest absolute Gasteiger partial charge is 0.397 e. The molecule has 0 radical (unpaired) electrons. The lowest BCUT2D eigenvalue weighted by atomic mass is 9.93. The molecule has 1 unspecified atom stereocenters. The van der Waals surface area contributed by atoms with Gasteiger partial charge in [-0.2, -0.15) is 0 Å². The van der Waals surface area contributed by atoms with E-state index >= 15 is 0 Å². The van der Waals surface area contributed by atoms with E-state index in [1.807, 2.05) is 13.0 Å². The summed E-state index contributed by atoms with van der Waals surface area (Å²) in [5.41, 5.74) is 7.51. The molecule has 0 aromatic carbocycles. The van der Waals surface area contributed by atoms with Crippen molar-refractivity contribution in [2.24, 2.45) is 5.92 Å². The van der Waals surface area contributed by atoms with Gasteiger partial charge in [-0.1, -0.05) is 0 Å². The highest BCUT2D eigenvalue weighted by molar-refractivity contribution is 5.51. The fraction of sp³-hybridized carbons (Fsp3) is 0.615. The van der Waals surface area contributed by atoms with Crippen LogP contribution in [0.4, 0.5) is 11.5 Å². The average Bonchev–Trinajstić information content (AvgIpc) is 2.34. The Hall–Kier alpha value is -1.29. The van der Waals surface area contributed by atoms with Gasteiger partial charge in [-0.25, -0.2) is 4.98 Å². The number of aryl methyl sites for hydroxylation is 1. The van der Waals surface area contributed by atoms with Crippen molar-refractivity contribution in [3.05, 3.63) is 17.8 Å². The van der Waals surface area contributed by atoms with Gasteiger partial charge in [-0.3, -0.25) is 0 Å². The summed E-state index contributed by atoms with van der Waals surface area (Å²) in [4.78, 5) is 4.35. The van der Waals surface area contributed by atoms with Crippen molar-refractivity contribution < 1.29 is 4.74 Å². The number of nitrogens with two attached hydrogens (primary N) is 1. The quantitative estimate of drug-likeness (QED) is 0.843. The third-order valence-electron chi connectivity index (χ3n) is 3.44. The summed E-state index contributed by atoms with van der Waals surface area (Å²) in [6, 6.07) is 2.38. The smallest absolute Gasteiger partial charge is 0.129 e. The van der Waals surface area contributed by atoms with Crippen LogP contribution < -0.4 is 11.1 Å². The lowest BCUT2D eigenvalue weighted by Gasteiger charge is -2.29. The molecule has 0 saturated carbocycles. The van der Waals surface area contributed by atoms with Crippen molar-refractivity contribution in [1.82, 2.24) is 4.98 Å². The first-order chi connectivity index (χ1) is 8.16. The van der Waals surface area contributed by atoms with Crippen molar-refractivity contribution in [2.75, 3.05) is 24.3 Å². The van der Waals surface area contributed by atoms with Gasteiger partial charge in [-0.05, 0) is 44.2 Å². The molecule has 2 rings (SSSR count). The molecule has 1 aliphatic rings. The summed E-state index contributed by atoms with van der Waals surface area (Å²) >= 11 is 0. The zero-order valence-corrected chi connectivity index (χ0v) is 10.6. The van der Waals surface area contributed by atoms with Crippen LogP contribution in [-0.2, 0) is 4.74 Å². The summed E-state index contributed by atoms with van der Waals surface area (Å²) in [5, 5.41) is 3.48. The lowest BCUT2D eigenvalue weighted by molar-refractivity contribution is 0.0622. The van der Waals surface area contributed by atoms with Gasteiger partial charge in [0, 0.05) is 19.3 Å². The van der Waals surface area contributed by atoms with Crippen molar-refractivity contribution in [1.29, 1.82) is 0 Å². The molecule has 1 aromatic rings. The molecule has 0 aliphatic carbocycles. The molecule has 4 nitrogen and oxygen atoms in total. The molecule has 3 N–H and O–H groups in total. The van der Waals surface area contributed by atoms with Crippen LogP contribution in [0.2, 0.25) is 0 Å². The Labute approximate surface area is 103 Å². The van der Waals surface area contributed by atoms with Gasteiger partial charge in [-0.15, -0.1) is 0 Å². The Morgan fingerprint density at radius 3 is 2.82 bits per heavy atom. The van der Waals surface area contributed by atoms with Crippen molar-refractivity contribution in [3.8, 4) is 0 Å². The van der Waals surface area contributed by atoms with Gasteiger partial charge < -0.3 is 15.8 Å². The van der Waals surface area contributed by atoms with E-state index < -0.39 is 0 Å². The van der Waals surface area contributed by atoms with Crippen LogP contribution in [0.1, 0.15) is 25.3 Å². The van der Waals surface area contributed by atoms with E-state index in [0.29, 0.717) is 17.6 Å². The zero-order chi connectivity index (χ0) is 12.3. The molecule has 4 heteroatoms. The van der Waals surface area contributed by atoms with E-state index in [1.54, 1.807) is 6.20 Å². The highest BCUT2D eigenvalue weighted by Gasteiger charge is 2.20. The molecule has 1 saturated heterocycles. The topological polar surface area (TPSA) is 60.2 Å². The van der Waals surface area contributed by atoms with E-state index in [9.17, 15) is 0 Å². The zero-order valence-electron chi connectivity index (χ0n) is 10.6. The monoisotopic (exact) mass is 235 g/mol. The van der Waals surface area contributed by atoms with Crippen LogP contribution in [0.3, 0.4) is 0 Å². The minimum Gasteiger partial charge on any atom is -0.397 e. The van der Waals surface area contributed by atoms with Gasteiger partial charge in [0.1, 0.15) is 5.82 Å². The second kappa shape index (κ2) is 5.36. The van der Waals surface area contributed by atoms with Crippen LogP contribution in [-0.4, -0.2) is 24.2 Å². The van der Waals surface area contributed by atoms with Crippen LogP contribution in [0.15, 0.2) is 12.3 Å². The fourth-order valence-corrected chi connectivity index (χ4v) is 2.30. The minimum atomic E-state index is 0.425. The Balaban J connectivity index is 1.99. The number of aromatic nitrogens is 1. The first-order valence-electron chi connectivity index (χ1n) is 6.23. The number of nitrogens with one attached hydrogen (secondary N) is 1. The maximum absolute atomic E-state index is 5.69. The van der Waals surface area contributed by atoms with E-state index in [0.717, 1.165) is 37.4 Å². The van der Waals surface area contributed by atoms with Crippen molar-refractivity contribution in [3.63, 3.8) is 0 Å². The third kappa shape index (κ3) is 3.09. The second-order valence-electron chi connectivity index (χ2n) is 4.82. The minimum absolute atomic E-state index is 0.425. The molecule has 0 amide bonds. The number of rotatable bonds is 3. The standard InChI is InChI=1S/C13H21N3O/c1-9-7-12(14)8-15-13(9)16-10(2)11-3-5-17-6-4-11/h7-8,10-11H,3-6,14H2,1-2H3,(H,15,16). The normalized spacial score (nSPS) is 18.9. The second-order valence-corrected chi connectivity index (χ2v) is 4.82. The highest BCUT2D eigenvalue weighted by Crippen LogP contribution is 2.22. The number of hydrogen-bond donors (Lipinski definition) is 2. The molecule has 0 spiro atoms. The Bertz CT molecular complexity index is 375. The molecule has 94 valence electrons. The summed E-state index contributed by atoms with van der Waals surface area (Å²) in [7, 11) is 0. The highest BCUT2D eigenvalue weighted by atomic mass is 16.5. The third-order valence-corrected chi connectivity index (χ3v) is 3.44. The fourth-order valence-electron chi connectivity index (χ4n) is 2.30. The van der Waals surface area contributed by atoms with E-state index in [-0.39, 0.29) is 0 Å². The predicted molar refractivity (Wildman–Crippen MR) is 70.0 cm³/mol. The van der Waals surface area contributed by atoms with Crippen LogP contribution in [0, 0.1) is 12.8 Å². The van der Waals surface area contributed by atoms with E-state index in [4.69, 9.17) is 10.5 Å². The number of hydrogen-bond acceptors (Lipinski definition) is 4. The maximum atomic E-state index is 5.69. The molecule has 0 bridgehead atoms. The Morgan fingerprint density at radius 2 is 2.18 bits per heavy atom. The average molecular weight is 235 g/mol. The first kappa shape index (κ1) is 12.2. The van der Waals surface area contributed by atoms with Gasteiger partial charge in [0.15, 0.2) is 0 Å². The maximum Gasteiger partial charge on any atom is 0.129 e. The molecule has 1 atom stereocenters. The number of ether oxygens (including phenoxy) is 1. The summed E-state index contributed by atoms with van der Waals surface area (Å²) in [5.74, 6) is 1.61. The molecular weight excluding hydrogens is 214 g/mol. The number of pyridine rings is 1. The van der Waals surface area contributed by atoms with Crippen LogP contribution >= 0.6 is 0 Å². The van der Waals surface area contributed by atoms with E-state index in [2.05, 4.69) is 17.2 Å². The van der Waals surface area contributed by atoms with Gasteiger partial charge in [0.2, 0.25) is 0 Å². The van der Waals surface area contributed by atoms with Crippen molar-refractivity contribution in [2.45, 2.75) is 32.7 Å². The number of anilines is 2. The number of nitrogen functional groups attached to an aromatic ring is 1. The Kier molecular flexibility index (Phi) is 3.84. The number of nitrogens with zero attached hydrogens (tertiary/aromatic N) is 1. The molecule has 1 fully saturated rings. The molecule has 1 aromatic heterocycles. The van der Waals surface area contributed by atoms with Gasteiger partial charge in [0.25, 0.3) is 0 Å². The van der Waals surface area contributed by atoms with Crippen molar-refractivity contribution >= 4 is 11.5 Å². The molecular formula is C13H21N3O. The lowest BCUT2D eigenvalue weighted by Crippen LogP contribution is -2.31. The van der Waals surface area contributed by atoms with E-state index in [1.165, 1.54) is 0 Å². The Morgan fingerprint density at radius 1 is 1.47 bits per heavy atom. The van der Waals surface area contributed by atoms with Crippen LogP contribution in [0.25, 0.3) is 0 Å². The summed E-state index contributed by atoms with van der Waals surface area (Å²) in [6.45, 7) is 6.01. The summed E-state index contributed by atoms with van der Waals surface area (Å²) < 4.78 is 5.38. The van der Waals surface area contributed by atoms with Crippen LogP contribution in [0.5, 0.6) is 0 Å². The van der Waals surface area contributed by atoms with Gasteiger partial charge in [0.05, 0.1) is 11.9 Å². The SMILES string of the molecule is Cc1cc(N)cnc1NC(C)C1CCOCC1.